The first-order valence-corrected chi connectivity index (χ1v) is 8.62. The molecule has 23 heavy (non-hydrogen) atoms. The molecule has 0 spiro atoms. The van der Waals surface area contributed by atoms with Crippen LogP contribution in [0, 0.1) is 6.92 Å². The number of rotatable bonds is 6. The molecule has 0 saturated carbocycles. The van der Waals surface area contributed by atoms with Gasteiger partial charge in [0, 0.05) is 12.2 Å². The highest BCUT2D eigenvalue weighted by Gasteiger charge is 2.13. The van der Waals surface area contributed by atoms with Crippen LogP contribution in [0.2, 0.25) is 5.28 Å². The largest absolute Gasteiger partial charge is 0.354 e. The Kier molecular flexibility index (Phi) is 5.34. The first-order valence-electron chi connectivity index (χ1n) is 6.80. The maximum absolute atomic E-state index is 11.2. The van der Waals surface area contributed by atoms with Crippen molar-refractivity contribution in [1.29, 1.82) is 0 Å². The van der Waals surface area contributed by atoms with E-state index in [9.17, 15) is 8.42 Å². The lowest BCUT2D eigenvalue weighted by atomic mass is 10.2. The van der Waals surface area contributed by atoms with Crippen molar-refractivity contribution in [3.8, 4) is 0 Å². The maximum Gasteiger partial charge on any atom is 0.294 e. The highest BCUT2D eigenvalue weighted by atomic mass is 35.5. The van der Waals surface area contributed by atoms with Gasteiger partial charge >= 0.3 is 0 Å². The third kappa shape index (κ3) is 4.75. The second-order valence-electron chi connectivity index (χ2n) is 4.76. The molecule has 3 N–H and O–H groups in total. The van der Waals surface area contributed by atoms with Crippen molar-refractivity contribution in [1.82, 2.24) is 15.0 Å². The quantitative estimate of drug-likeness (QED) is 0.675. The SMILES string of the molecule is CCCNc1nc(Cl)nc(Nc2cc(S(=O)(=O)O)ccc2C)n1. The van der Waals surface area contributed by atoms with Gasteiger partial charge in [-0.1, -0.05) is 13.0 Å². The van der Waals surface area contributed by atoms with Crippen molar-refractivity contribution >= 4 is 39.3 Å². The van der Waals surface area contributed by atoms with Crippen LogP contribution in [0.15, 0.2) is 23.1 Å². The molecule has 0 amide bonds. The molecule has 0 unspecified atom stereocenters. The van der Waals surface area contributed by atoms with E-state index in [1.807, 2.05) is 6.92 Å². The highest BCUT2D eigenvalue weighted by molar-refractivity contribution is 7.85. The molecule has 2 rings (SSSR count). The van der Waals surface area contributed by atoms with E-state index in [2.05, 4.69) is 25.6 Å². The third-order valence-corrected chi connectivity index (χ3v) is 3.91. The minimum Gasteiger partial charge on any atom is -0.354 e. The van der Waals surface area contributed by atoms with Gasteiger partial charge in [0.05, 0.1) is 4.90 Å². The Balaban J connectivity index is 2.33. The van der Waals surface area contributed by atoms with Crippen molar-refractivity contribution in [3.05, 3.63) is 29.0 Å². The second-order valence-corrected chi connectivity index (χ2v) is 6.51. The summed E-state index contributed by atoms with van der Waals surface area (Å²) in [7, 11) is -4.29. The molecule has 0 radical (unpaired) electrons. The summed E-state index contributed by atoms with van der Waals surface area (Å²) in [4.78, 5) is 11.8. The summed E-state index contributed by atoms with van der Waals surface area (Å²) >= 11 is 5.86. The molecule has 1 heterocycles. The Labute approximate surface area is 139 Å². The lowest BCUT2D eigenvalue weighted by Gasteiger charge is -2.11. The standard InChI is InChI=1S/C13H16ClN5O3S/c1-3-6-15-12-17-11(14)18-13(19-12)16-10-7-9(23(20,21)22)5-4-8(10)2/h4-5,7H,3,6H2,1-2H3,(H,20,21,22)(H2,15,16,17,18,19). The number of nitrogens with zero attached hydrogens (tertiary/aromatic N) is 3. The van der Waals surface area contributed by atoms with Crippen LogP contribution in [0.4, 0.5) is 17.6 Å². The fourth-order valence-corrected chi connectivity index (χ4v) is 2.41. The molecule has 0 aliphatic carbocycles. The number of nitrogens with one attached hydrogen (secondary N) is 2. The van der Waals surface area contributed by atoms with Gasteiger partial charge in [-0.3, -0.25) is 4.55 Å². The molecule has 0 saturated heterocycles. The van der Waals surface area contributed by atoms with Crippen molar-refractivity contribution in [2.24, 2.45) is 0 Å². The molecular formula is C13H16ClN5O3S. The third-order valence-electron chi connectivity index (χ3n) is 2.89. The fourth-order valence-electron chi connectivity index (χ4n) is 1.74. The second kappa shape index (κ2) is 7.07. The predicted octanol–water partition coefficient (Wildman–Crippen LogP) is 2.65. The van der Waals surface area contributed by atoms with Crippen molar-refractivity contribution < 1.29 is 13.0 Å². The van der Waals surface area contributed by atoms with Crippen LogP contribution >= 0.6 is 11.6 Å². The van der Waals surface area contributed by atoms with Crippen LogP contribution in [-0.4, -0.2) is 34.5 Å². The Hall–Kier alpha value is -1.97. The van der Waals surface area contributed by atoms with Crippen molar-refractivity contribution in [2.45, 2.75) is 25.2 Å². The molecule has 1 aromatic heterocycles. The van der Waals surface area contributed by atoms with E-state index in [1.54, 1.807) is 13.0 Å². The van der Waals surface area contributed by atoms with Gasteiger partial charge in [0.1, 0.15) is 0 Å². The highest BCUT2D eigenvalue weighted by Crippen LogP contribution is 2.23. The number of hydrogen-bond donors (Lipinski definition) is 3. The minimum absolute atomic E-state index is 0.00434. The first kappa shape index (κ1) is 17.4. The summed E-state index contributed by atoms with van der Waals surface area (Å²) in [6.07, 6.45) is 0.890. The average molecular weight is 358 g/mol. The van der Waals surface area contributed by atoms with E-state index in [1.165, 1.54) is 12.1 Å². The van der Waals surface area contributed by atoms with E-state index >= 15 is 0 Å². The summed E-state index contributed by atoms with van der Waals surface area (Å²) in [6.45, 7) is 4.45. The van der Waals surface area contributed by atoms with Gasteiger partial charge < -0.3 is 10.6 Å². The van der Waals surface area contributed by atoms with Crippen LogP contribution in [0.25, 0.3) is 0 Å². The van der Waals surface area contributed by atoms with Crippen LogP contribution in [0.3, 0.4) is 0 Å². The maximum atomic E-state index is 11.2. The van der Waals surface area contributed by atoms with Crippen LogP contribution in [-0.2, 0) is 10.1 Å². The van der Waals surface area contributed by atoms with Crippen LogP contribution in [0.5, 0.6) is 0 Å². The van der Waals surface area contributed by atoms with E-state index in [0.29, 0.717) is 18.2 Å². The molecule has 0 bridgehead atoms. The topological polar surface area (TPSA) is 117 Å². The van der Waals surface area contributed by atoms with E-state index < -0.39 is 10.1 Å². The lowest BCUT2D eigenvalue weighted by Crippen LogP contribution is -2.08. The van der Waals surface area contributed by atoms with Gasteiger partial charge in [-0.05, 0) is 42.6 Å². The number of anilines is 3. The Morgan fingerprint density at radius 2 is 1.91 bits per heavy atom. The molecular weight excluding hydrogens is 342 g/mol. The summed E-state index contributed by atoms with van der Waals surface area (Å²) < 4.78 is 31.6. The number of aryl methyl sites for hydroxylation is 1. The monoisotopic (exact) mass is 357 g/mol. The zero-order valence-corrected chi connectivity index (χ0v) is 14.1. The summed E-state index contributed by atoms with van der Waals surface area (Å²) in [5.74, 6) is 0.483. The number of hydrogen-bond acceptors (Lipinski definition) is 7. The summed E-state index contributed by atoms with van der Waals surface area (Å²) in [5.41, 5.74) is 1.18. The van der Waals surface area contributed by atoms with Crippen molar-refractivity contribution in [3.63, 3.8) is 0 Å². The lowest BCUT2D eigenvalue weighted by molar-refractivity contribution is 0.483. The molecule has 10 heteroatoms. The Bertz CT molecular complexity index is 813. The predicted molar refractivity (Wildman–Crippen MR) is 87.9 cm³/mol. The van der Waals surface area contributed by atoms with Gasteiger partial charge in [-0.15, -0.1) is 0 Å². The van der Waals surface area contributed by atoms with Gasteiger partial charge in [0.2, 0.25) is 17.2 Å². The van der Waals surface area contributed by atoms with Crippen LogP contribution in [0.1, 0.15) is 18.9 Å². The van der Waals surface area contributed by atoms with Crippen LogP contribution < -0.4 is 10.6 Å². The summed E-state index contributed by atoms with van der Waals surface area (Å²) in [6, 6.07) is 4.16. The number of halogens is 1. The van der Waals surface area contributed by atoms with Gasteiger partial charge in [0.25, 0.3) is 10.1 Å². The molecule has 0 atom stereocenters. The molecule has 2 aromatic rings. The Morgan fingerprint density at radius 3 is 2.57 bits per heavy atom. The van der Waals surface area contributed by atoms with Crippen molar-refractivity contribution in [2.75, 3.05) is 17.2 Å². The van der Waals surface area contributed by atoms with Gasteiger partial charge in [0.15, 0.2) is 0 Å². The minimum atomic E-state index is -4.29. The zero-order valence-electron chi connectivity index (χ0n) is 12.5. The van der Waals surface area contributed by atoms with E-state index in [-0.39, 0.29) is 16.1 Å². The molecule has 1 aromatic carbocycles. The summed E-state index contributed by atoms with van der Waals surface area (Å²) in [5, 5.41) is 5.87. The molecule has 0 aliphatic heterocycles. The fraction of sp³-hybridized carbons (Fsp3) is 0.308. The first-order chi connectivity index (χ1) is 10.8. The number of benzene rings is 1. The number of aromatic nitrogens is 3. The molecule has 0 aliphatic rings. The molecule has 124 valence electrons. The molecule has 8 nitrogen and oxygen atoms in total. The smallest absolute Gasteiger partial charge is 0.294 e. The normalized spacial score (nSPS) is 11.3. The van der Waals surface area contributed by atoms with E-state index in [4.69, 9.17) is 16.2 Å². The van der Waals surface area contributed by atoms with E-state index in [0.717, 1.165) is 12.0 Å². The zero-order chi connectivity index (χ0) is 17.0. The average Bonchev–Trinajstić information content (AvgIpc) is 2.45. The molecule has 0 fully saturated rings. The van der Waals surface area contributed by atoms with Gasteiger partial charge in [-0.25, -0.2) is 0 Å². The van der Waals surface area contributed by atoms with Gasteiger partial charge in [-0.2, -0.15) is 23.4 Å². The Morgan fingerprint density at radius 1 is 1.22 bits per heavy atom.